The first-order chi connectivity index (χ1) is 9.33. The Hall–Kier alpha value is -1.14. The van der Waals surface area contributed by atoms with Gasteiger partial charge in [0.1, 0.15) is 6.07 Å². The first-order valence-electron chi connectivity index (χ1n) is 7.24. The topological polar surface area (TPSA) is 27.0 Å². The minimum absolute atomic E-state index is 0.869. The van der Waals surface area contributed by atoms with Crippen LogP contribution in [0.25, 0.3) is 0 Å². The van der Waals surface area contributed by atoms with Crippen LogP contribution in [0.3, 0.4) is 0 Å². The van der Waals surface area contributed by atoms with E-state index in [1.165, 1.54) is 19.3 Å². The molecule has 0 radical (unpaired) electrons. The minimum atomic E-state index is 0.869. The summed E-state index contributed by atoms with van der Waals surface area (Å²) < 4.78 is 0. The fourth-order valence-electron chi connectivity index (χ4n) is 3.60. The van der Waals surface area contributed by atoms with Gasteiger partial charge in [-0.25, -0.2) is 0 Å². The van der Waals surface area contributed by atoms with Gasteiger partial charge in [0.2, 0.25) is 0 Å². The fourth-order valence-corrected chi connectivity index (χ4v) is 4.38. The molecule has 1 saturated heterocycles. The van der Waals surface area contributed by atoms with Crippen LogP contribution < -0.4 is 4.90 Å². The number of benzene rings is 1. The largest absolute Gasteiger partial charge is 0.370 e. The van der Waals surface area contributed by atoms with Crippen molar-refractivity contribution in [2.45, 2.75) is 31.1 Å². The number of rotatable bonds is 3. The highest BCUT2D eigenvalue weighted by atomic mass is 32.2. The molecule has 2 aliphatic rings. The minimum Gasteiger partial charge on any atom is -0.370 e. The van der Waals surface area contributed by atoms with Crippen LogP contribution in [-0.2, 0) is 0 Å². The maximum atomic E-state index is 9.50. The van der Waals surface area contributed by atoms with Gasteiger partial charge in [0.05, 0.1) is 11.3 Å². The van der Waals surface area contributed by atoms with Crippen molar-refractivity contribution in [2.24, 2.45) is 11.8 Å². The van der Waals surface area contributed by atoms with Gasteiger partial charge in [0, 0.05) is 18.0 Å². The molecule has 1 aliphatic heterocycles. The van der Waals surface area contributed by atoms with Gasteiger partial charge in [0.15, 0.2) is 0 Å². The lowest BCUT2D eigenvalue weighted by Gasteiger charge is -2.22. The summed E-state index contributed by atoms with van der Waals surface area (Å²) in [6.45, 7) is 4.44. The molecule has 1 saturated carbocycles. The fraction of sp³-hybridized carbons (Fsp3) is 0.562. The SMILES string of the molecule is CCSc1cccc(N2CC3CCCC3C2)c1C#N. The van der Waals surface area contributed by atoms with Crippen LogP contribution in [0.15, 0.2) is 23.1 Å². The molecule has 100 valence electrons. The summed E-state index contributed by atoms with van der Waals surface area (Å²) in [5.41, 5.74) is 2.05. The summed E-state index contributed by atoms with van der Waals surface area (Å²) >= 11 is 1.77. The second-order valence-corrected chi connectivity index (χ2v) is 6.86. The number of fused-ring (bicyclic) bond motifs is 1. The number of hydrogen-bond donors (Lipinski definition) is 0. The van der Waals surface area contributed by atoms with Crippen molar-refractivity contribution in [1.29, 1.82) is 5.26 Å². The van der Waals surface area contributed by atoms with Crippen LogP contribution in [-0.4, -0.2) is 18.8 Å². The summed E-state index contributed by atoms with van der Waals surface area (Å²) in [7, 11) is 0. The second kappa shape index (κ2) is 5.46. The average Bonchev–Trinajstić information content (AvgIpc) is 2.99. The average molecular weight is 272 g/mol. The zero-order chi connectivity index (χ0) is 13.2. The molecule has 0 aromatic heterocycles. The molecule has 0 spiro atoms. The number of thioether (sulfide) groups is 1. The molecule has 2 nitrogen and oxygen atoms in total. The summed E-state index contributed by atoms with van der Waals surface area (Å²) in [4.78, 5) is 3.59. The molecule has 0 bridgehead atoms. The van der Waals surface area contributed by atoms with E-state index in [0.29, 0.717) is 0 Å². The van der Waals surface area contributed by atoms with E-state index in [4.69, 9.17) is 0 Å². The van der Waals surface area contributed by atoms with Gasteiger partial charge in [-0.05, 0) is 42.6 Å². The van der Waals surface area contributed by atoms with Crippen LogP contribution in [0.5, 0.6) is 0 Å². The lowest BCUT2D eigenvalue weighted by Crippen LogP contribution is -2.21. The van der Waals surface area contributed by atoms with Crippen LogP contribution in [0.2, 0.25) is 0 Å². The quantitative estimate of drug-likeness (QED) is 0.781. The highest BCUT2D eigenvalue weighted by Crippen LogP contribution is 2.41. The van der Waals surface area contributed by atoms with Gasteiger partial charge in [-0.1, -0.05) is 19.4 Å². The Labute approximate surface area is 119 Å². The van der Waals surface area contributed by atoms with Crippen molar-refractivity contribution in [3.8, 4) is 6.07 Å². The lowest BCUT2D eigenvalue weighted by molar-refractivity contribution is 0.494. The molecule has 1 aliphatic carbocycles. The van der Waals surface area contributed by atoms with E-state index in [-0.39, 0.29) is 0 Å². The number of nitriles is 1. The molecular weight excluding hydrogens is 252 g/mol. The van der Waals surface area contributed by atoms with E-state index < -0.39 is 0 Å². The summed E-state index contributed by atoms with van der Waals surface area (Å²) in [6.07, 6.45) is 4.17. The summed E-state index contributed by atoms with van der Waals surface area (Å²) in [5.74, 6) is 2.76. The summed E-state index contributed by atoms with van der Waals surface area (Å²) in [5, 5.41) is 9.50. The Morgan fingerprint density at radius 2 is 2.05 bits per heavy atom. The monoisotopic (exact) mass is 272 g/mol. The standard InChI is InChI=1S/C16H20N2S/c1-2-19-16-8-4-7-15(14(16)9-17)18-10-12-5-3-6-13(12)11-18/h4,7-8,12-13H,2-3,5-6,10-11H2,1H3. The first-order valence-corrected chi connectivity index (χ1v) is 8.23. The predicted molar refractivity (Wildman–Crippen MR) is 80.6 cm³/mol. The van der Waals surface area contributed by atoms with E-state index >= 15 is 0 Å². The Kier molecular flexibility index (Phi) is 3.70. The zero-order valence-electron chi connectivity index (χ0n) is 11.4. The van der Waals surface area contributed by atoms with Gasteiger partial charge >= 0.3 is 0 Å². The van der Waals surface area contributed by atoms with Gasteiger partial charge in [-0.2, -0.15) is 5.26 Å². The van der Waals surface area contributed by atoms with E-state index in [2.05, 4.69) is 36.1 Å². The second-order valence-electron chi connectivity index (χ2n) is 5.55. The number of nitrogens with zero attached hydrogens (tertiary/aromatic N) is 2. The molecule has 1 aromatic carbocycles. The lowest BCUT2D eigenvalue weighted by atomic mass is 10.0. The van der Waals surface area contributed by atoms with Crippen molar-refractivity contribution in [1.82, 2.24) is 0 Å². The molecular formula is C16H20N2S. The first kappa shape index (κ1) is 12.9. The highest BCUT2D eigenvalue weighted by molar-refractivity contribution is 7.99. The Balaban J connectivity index is 1.89. The zero-order valence-corrected chi connectivity index (χ0v) is 12.2. The van der Waals surface area contributed by atoms with E-state index in [9.17, 15) is 5.26 Å². The molecule has 2 atom stereocenters. The van der Waals surface area contributed by atoms with Crippen LogP contribution in [0, 0.1) is 23.2 Å². The van der Waals surface area contributed by atoms with Crippen LogP contribution in [0.4, 0.5) is 5.69 Å². The smallest absolute Gasteiger partial charge is 0.103 e. The third-order valence-electron chi connectivity index (χ3n) is 4.48. The molecule has 1 heterocycles. The van der Waals surface area contributed by atoms with Crippen LogP contribution >= 0.6 is 11.8 Å². The van der Waals surface area contributed by atoms with Gasteiger partial charge in [-0.15, -0.1) is 11.8 Å². The van der Waals surface area contributed by atoms with Crippen molar-refractivity contribution >= 4 is 17.4 Å². The van der Waals surface area contributed by atoms with Crippen LogP contribution in [0.1, 0.15) is 31.7 Å². The third-order valence-corrected chi connectivity index (χ3v) is 5.42. The van der Waals surface area contributed by atoms with E-state index in [0.717, 1.165) is 46.8 Å². The Morgan fingerprint density at radius 1 is 1.32 bits per heavy atom. The predicted octanol–water partition coefficient (Wildman–Crippen LogP) is 3.91. The Bertz CT molecular complexity index is 494. The van der Waals surface area contributed by atoms with Crippen molar-refractivity contribution in [2.75, 3.05) is 23.7 Å². The maximum Gasteiger partial charge on any atom is 0.103 e. The van der Waals surface area contributed by atoms with E-state index in [1.807, 2.05) is 0 Å². The number of anilines is 1. The molecule has 2 fully saturated rings. The van der Waals surface area contributed by atoms with Gasteiger partial charge < -0.3 is 4.90 Å². The third kappa shape index (κ3) is 2.34. The summed E-state index contributed by atoms with van der Waals surface area (Å²) in [6, 6.07) is 8.73. The normalized spacial score (nSPS) is 25.4. The highest BCUT2D eigenvalue weighted by Gasteiger charge is 2.36. The molecule has 19 heavy (non-hydrogen) atoms. The number of hydrogen-bond acceptors (Lipinski definition) is 3. The molecule has 2 unspecified atom stereocenters. The molecule has 0 amide bonds. The molecule has 3 rings (SSSR count). The van der Waals surface area contributed by atoms with Gasteiger partial charge in [-0.3, -0.25) is 0 Å². The maximum absolute atomic E-state index is 9.50. The molecule has 1 aromatic rings. The van der Waals surface area contributed by atoms with Crippen molar-refractivity contribution < 1.29 is 0 Å². The Morgan fingerprint density at radius 3 is 2.68 bits per heavy atom. The van der Waals surface area contributed by atoms with Crippen molar-refractivity contribution in [3.63, 3.8) is 0 Å². The van der Waals surface area contributed by atoms with E-state index in [1.54, 1.807) is 11.8 Å². The molecule has 0 N–H and O–H groups in total. The van der Waals surface area contributed by atoms with Gasteiger partial charge in [0.25, 0.3) is 0 Å². The molecule has 3 heteroatoms. The van der Waals surface area contributed by atoms with Crippen molar-refractivity contribution in [3.05, 3.63) is 23.8 Å².